The Morgan fingerprint density at radius 2 is 2.25 bits per heavy atom. The fourth-order valence-corrected chi connectivity index (χ4v) is 2.55. The minimum Gasteiger partial charge on any atom is -0.372 e. The van der Waals surface area contributed by atoms with Crippen LogP contribution in [0.5, 0.6) is 0 Å². The van der Waals surface area contributed by atoms with Crippen LogP contribution in [0.2, 0.25) is 0 Å². The van der Waals surface area contributed by atoms with Crippen molar-refractivity contribution in [3.63, 3.8) is 0 Å². The third-order valence-electron chi connectivity index (χ3n) is 2.95. The van der Waals surface area contributed by atoms with Gasteiger partial charge >= 0.3 is 0 Å². The van der Waals surface area contributed by atoms with Crippen LogP contribution in [-0.2, 0) is 11.2 Å². The Labute approximate surface area is 122 Å². The van der Waals surface area contributed by atoms with Gasteiger partial charge in [-0.2, -0.15) is 4.98 Å². The number of nitrogens with one attached hydrogen (secondary N) is 1. The van der Waals surface area contributed by atoms with Crippen LogP contribution in [0.15, 0.2) is 10.7 Å². The molecule has 6 nitrogen and oxygen atoms in total. The highest BCUT2D eigenvalue weighted by Gasteiger charge is 2.16. The molecule has 0 aromatic carbocycles. The average molecular weight is 296 g/mol. The molecule has 7 heteroatoms. The molecule has 0 fully saturated rings. The zero-order valence-corrected chi connectivity index (χ0v) is 13.0. The van der Waals surface area contributed by atoms with Crippen molar-refractivity contribution in [3.05, 3.63) is 17.0 Å². The van der Waals surface area contributed by atoms with E-state index >= 15 is 0 Å². The molecule has 0 aliphatic heterocycles. The van der Waals surface area contributed by atoms with Crippen LogP contribution >= 0.6 is 11.3 Å². The Morgan fingerprint density at radius 1 is 1.45 bits per heavy atom. The largest absolute Gasteiger partial charge is 0.372 e. The molecule has 0 bridgehead atoms. The van der Waals surface area contributed by atoms with Crippen molar-refractivity contribution in [2.75, 3.05) is 13.7 Å². The van der Waals surface area contributed by atoms with E-state index in [2.05, 4.69) is 27.4 Å². The maximum absolute atomic E-state index is 5.52. The molecule has 2 rings (SSSR count). The Balaban J connectivity index is 2.08. The Kier molecular flexibility index (Phi) is 5.22. The first kappa shape index (κ1) is 15.1. The molecule has 0 amide bonds. The standard InChI is InChI=1S/C13H20N4O2S/c1-5-18-9(3)13-15-7-10(20-13)12-16-11(17-19-12)6-8(2)14-4/h7-9,14H,5-6H2,1-4H3. The normalized spacial score (nSPS) is 14.4. The van der Waals surface area contributed by atoms with E-state index in [4.69, 9.17) is 9.26 Å². The first-order valence-corrected chi connectivity index (χ1v) is 7.53. The summed E-state index contributed by atoms with van der Waals surface area (Å²) in [6.07, 6.45) is 2.49. The van der Waals surface area contributed by atoms with Gasteiger partial charge in [0.2, 0.25) is 0 Å². The van der Waals surface area contributed by atoms with Crippen LogP contribution in [0.4, 0.5) is 0 Å². The summed E-state index contributed by atoms with van der Waals surface area (Å²) in [6, 6.07) is 0.315. The Hall–Kier alpha value is -1.31. The van der Waals surface area contributed by atoms with E-state index in [1.165, 1.54) is 11.3 Å². The average Bonchev–Trinajstić information content (AvgIpc) is 3.07. The molecule has 2 aromatic rings. The van der Waals surface area contributed by atoms with Crippen molar-refractivity contribution in [1.29, 1.82) is 0 Å². The van der Waals surface area contributed by atoms with Gasteiger partial charge < -0.3 is 14.6 Å². The molecular weight excluding hydrogens is 276 g/mol. The van der Waals surface area contributed by atoms with Gasteiger partial charge in [0, 0.05) is 19.1 Å². The predicted molar refractivity (Wildman–Crippen MR) is 77.7 cm³/mol. The Morgan fingerprint density at radius 3 is 2.95 bits per heavy atom. The van der Waals surface area contributed by atoms with Crippen LogP contribution in [0.25, 0.3) is 10.8 Å². The van der Waals surface area contributed by atoms with Crippen LogP contribution in [0.3, 0.4) is 0 Å². The fraction of sp³-hybridized carbons (Fsp3) is 0.615. The van der Waals surface area contributed by atoms with Gasteiger partial charge in [-0.25, -0.2) is 4.98 Å². The van der Waals surface area contributed by atoms with Crippen molar-refractivity contribution in [2.45, 2.75) is 39.3 Å². The SMILES string of the molecule is CCOC(C)c1ncc(-c2nc(CC(C)NC)no2)s1. The van der Waals surface area contributed by atoms with Crippen LogP contribution in [-0.4, -0.2) is 34.8 Å². The molecule has 0 spiro atoms. The highest BCUT2D eigenvalue weighted by molar-refractivity contribution is 7.15. The molecule has 2 aromatic heterocycles. The number of hydrogen-bond donors (Lipinski definition) is 1. The monoisotopic (exact) mass is 296 g/mol. The zero-order chi connectivity index (χ0) is 14.5. The second-order valence-electron chi connectivity index (χ2n) is 4.57. The van der Waals surface area contributed by atoms with Gasteiger partial charge in [-0.15, -0.1) is 11.3 Å². The molecule has 0 aliphatic rings. The molecule has 0 radical (unpaired) electrons. The summed E-state index contributed by atoms with van der Waals surface area (Å²) in [6.45, 7) is 6.70. The topological polar surface area (TPSA) is 73.1 Å². The summed E-state index contributed by atoms with van der Waals surface area (Å²) in [4.78, 5) is 9.63. The second-order valence-corrected chi connectivity index (χ2v) is 5.63. The van der Waals surface area contributed by atoms with E-state index in [0.717, 1.165) is 16.3 Å². The van der Waals surface area contributed by atoms with Crippen molar-refractivity contribution in [3.8, 4) is 10.8 Å². The van der Waals surface area contributed by atoms with Gasteiger partial charge in [0.25, 0.3) is 5.89 Å². The molecular formula is C13H20N4O2S. The lowest BCUT2D eigenvalue weighted by Crippen LogP contribution is -2.24. The number of hydrogen-bond acceptors (Lipinski definition) is 7. The third-order valence-corrected chi connectivity index (χ3v) is 4.09. The first-order valence-electron chi connectivity index (χ1n) is 6.71. The van der Waals surface area contributed by atoms with Crippen molar-refractivity contribution in [2.24, 2.45) is 0 Å². The summed E-state index contributed by atoms with van der Waals surface area (Å²) >= 11 is 1.52. The van der Waals surface area contributed by atoms with E-state index in [1.54, 1.807) is 6.20 Å². The first-order chi connectivity index (χ1) is 9.63. The van der Waals surface area contributed by atoms with Crippen molar-refractivity contribution >= 4 is 11.3 Å². The molecule has 0 aliphatic carbocycles. The number of thiazole rings is 1. The van der Waals surface area contributed by atoms with Crippen molar-refractivity contribution in [1.82, 2.24) is 20.4 Å². The number of ether oxygens (including phenoxy) is 1. The van der Waals surface area contributed by atoms with Gasteiger partial charge in [-0.05, 0) is 27.8 Å². The number of rotatable bonds is 7. The lowest BCUT2D eigenvalue weighted by molar-refractivity contribution is 0.0762. The van der Waals surface area contributed by atoms with Gasteiger partial charge in [-0.3, -0.25) is 0 Å². The maximum Gasteiger partial charge on any atom is 0.269 e. The minimum absolute atomic E-state index is 0.00884. The van der Waals surface area contributed by atoms with Gasteiger partial charge in [0.05, 0.1) is 6.20 Å². The zero-order valence-electron chi connectivity index (χ0n) is 12.2. The molecule has 20 heavy (non-hydrogen) atoms. The fourth-order valence-electron chi connectivity index (χ4n) is 1.71. The lowest BCUT2D eigenvalue weighted by Gasteiger charge is -2.06. The summed E-state index contributed by atoms with van der Waals surface area (Å²) in [5.74, 6) is 1.23. The summed E-state index contributed by atoms with van der Waals surface area (Å²) < 4.78 is 10.8. The quantitative estimate of drug-likeness (QED) is 0.846. The number of aromatic nitrogens is 3. The third kappa shape index (κ3) is 3.62. The second kappa shape index (κ2) is 6.92. The molecule has 2 unspecified atom stereocenters. The minimum atomic E-state index is -0.00884. The number of likely N-dealkylation sites (N-methyl/N-ethyl adjacent to an activating group) is 1. The molecule has 1 N–H and O–H groups in total. The van der Waals surface area contributed by atoms with E-state index in [1.807, 2.05) is 20.9 Å². The predicted octanol–water partition coefficient (Wildman–Crippen LogP) is 2.44. The van der Waals surface area contributed by atoms with Gasteiger partial charge in [-0.1, -0.05) is 5.16 Å². The highest BCUT2D eigenvalue weighted by atomic mass is 32.1. The molecule has 0 saturated carbocycles. The molecule has 110 valence electrons. The smallest absolute Gasteiger partial charge is 0.269 e. The van der Waals surface area contributed by atoms with E-state index < -0.39 is 0 Å². The summed E-state index contributed by atoms with van der Waals surface area (Å²) in [5.41, 5.74) is 0. The van der Waals surface area contributed by atoms with Crippen LogP contribution < -0.4 is 5.32 Å². The van der Waals surface area contributed by atoms with Crippen LogP contribution in [0, 0.1) is 0 Å². The van der Waals surface area contributed by atoms with Crippen LogP contribution in [0.1, 0.15) is 37.7 Å². The van der Waals surface area contributed by atoms with Crippen molar-refractivity contribution < 1.29 is 9.26 Å². The molecule has 2 atom stereocenters. The summed E-state index contributed by atoms with van der Waals surface area (Å²) in [5, 5.41) is 8.06. The molecule has 0 saturated heterocycles. The highest BCUT2D eigenvalue weighted by Crippen LogP contribution is 2.29. The molecule has 2 heterocycles. The van der Waals surface area contributed by atoms with E-state index in [9.17, 15) is 0 Å². The van der Waals surface area contributed by atoms with Gasteiger partial charge in [0.15, 0.2) is 5.82 Å². The lowest BCUT2D eigenvalue weighted by atomic mass is 10.2. The summed E-state index contributed by atoms with van der Waals surface area (Å²) in [7, 11) is 1.91. The van der Waals surface area contributed by atoms with Gasteiger partial charge in [0.1, 0.15) is 16.0 Å². The van der Waals surface area contributed by atoms with E-state index in [0.29, 0.717) is 24.4 Å². The Bertz CT molecular complexity index is 540. The maximum atomic E-state index is 5.52. The van der Waals surface area contributed by atoms with E-state index in [-0.39, 0.29) is 6.10 Å². The number of nitrogens with zero attached hydrogens (tertiary/aromatic N) is 3.